The van der Waals surface area contributed by atoms with E-state index in [1.807, 2.05) is 6.07 Å². The van der Waals surface area contributed by atoms with Crippen molar-refractivity contribution in [3.63, 3.8) is 0 Å². The number of alkyl halides is 1. The number of benzene rings is 2. The zero-order chi connectivity index (χ0) is 15.4. The molecule has 0 radical (unpaired) electrons. The standard InChI is InChI=1S/C16H15BrF2O2/c1-20-12-5-6-16(21-2)13(9-12)14(17)7-10-3-4-11(18)8-15(10)19/h3-6,8-9,14H,7H2,1-2H3. The van der Waals surface area contributed by atoms with Crippen molar-refractivity contribution in [2.75, 3.05) is 14.2 Å². The molecule has 0 amide bonds. The Balaban J connectivity index is 2.28. The van der Waals surface area contributed by atoms with Crippen LogP contribution in [-0.2, 0) is 6.42 Å². The summed E-state index contributed by atoms with van der Waals surface area (Å²) < 4.78 is 37.2. The first-order valence-electron chi connectivity index (χ1n) is 6.35. The average Bonchev–Trinajstić information content (AvgIpc) is 2.49. The summed E-state index contributed by atoms with van der Waals surface area (Å²) >= 11 is 3.53. The molecule has 0 aromatic heterocycles. The highest BCUT2D eigenvalue weighted by atomic mass is 79.9. The topological polar surface area (TPSA) is 18.5 Å². The predicted molar refractivity (Wildman–Crippen MR) is 81.3 cm³/mol. The van der Waals surface area contributed by atoms with Gasteiger partial charge in [-0.1, -0.05) is 22.0 Å². The van der Waals surface area contributed by atoms with Crippen LogP contribution in [0.25, 0.3) is 0 Å². The van der Waals surface area contributed by atoms with E-state index in [9.17, 15) is 8.78 Å². The van der Waals surface area contributed by atoms with E-state index < -0.39 is 11.6 Å². The van der Waals surface area contributed by atoms with Crippen LogP contribution in [0.5, 0.6) is 11.5 Å². The van der Waals surface area contributed by atoms with Crippen LogP contribution in [-0.4, -0.2) is 14.2 Å². The number of hydrogen-bond donors (Lipinski definition) is 0. The van der Waals surface area contributed by atoms with Crippen molar-refractivity contribution in [3.05, 3.63) is 59.2 Å². The van der Waals surface area contributed by atoms with Crippen LogP contribution in [0, 0.1) is 11.6 Å². The van der Waals surface area contributed by atoms with Crippen molar-refractivity contribution in [3.8, 4) is 11.5 Å². The molecule has 0 spiro atoms. The molecule has 1 atom stereocenters. The Morgan fingerprint density at radius 1 is 1.05 bits per heavy atom. The lowest BCUT2D eigenvalue weighted by Gasteiger charge is -2.16. The molecule has 0 bridgehead atoms. The zero-order valence-electron chi connectivity index (χ0n) is 11.7. The molecule has 0 aliphatic carbocycles. The Hall–Kier alpha value is -1.62. The molecule has 0 N–H and O–H groups in total. The number of ether oxygens (including phenoxy) is 2. The minimum Gasteiger partial charge on any atom is -0.497 e. The van der Waals surface area contributed by atoms with Gasteiger partial charge in [0.15, 0.2) is 0 Å². The number of rotatable bonds is 5. The summed E-state index contributed by atoms with van der Waals surface area (Å²) in [5, 5.41) is 0. The van der Waals surface area contributed by atoms with Crippen LogP contribution in [0.2, 0.25) is 0 Å². The number of methoxy groups -OCH3 is 2. The molecule has 112 valence electrons. The first-order valence-corrected chi connectivity index (χ1v) is 7.26. The summed E-state index contributed by atoms with van der Waals surface area (Å²) in [7, 11) is 3.15. The average molecular weight is 357 g/mol. The van der Waals surface area contributed by atoms with E-state index in [0.717, 1.165) is 11.6 Å². The van der Waals surface area contributed by atoms with Gasteiger partial charge in [-0.25, -0.2) is 8.78 Å². The second kappa shape index (κ2) is 6.89. The zero-order valence-corrected chi connectivity index (χ0v) is 13.3. The summed E-state index contributed by atoms with van der Waals surface area (Å²) in [6.45, 7) is 0. The van der Waals surface area contributed by atoms with E-state index in [-0.39, 0.29) is 4.83 Å². The van der Waals surface area contributed by atoms with E-state index in [0.29, 0.717) is 23.5 Å². The van der Waals surface area contributed by atoms with E-state index in [2.05, 4.69) is 15.9 Å². The van der Waals surface area contributed by atoms with Gasteiger partial charge in [0.05, 0.1) is 14.2 Å². The van der Waals surface area contributed by atoms with Gasteiger partial charge in [0.2, 0.25) is 0 Å². The van der Waals surface area contributed by atoms with Gasteiger partial charge in [-0.2, -0.15) is 0 Å². The smallest absolute Gasteiger partial charge is 0.129 e. The highest BCUT2D eigenvalue weighted by Gasteiger charge is 2.17. The maximum atomic E-state index is 13.7. The Labute approximate surface area is 130 Å². The lowest BCUT2D eigenvalue weighted by atomic mass is 10.0. The van der Waals surface area contributed by atoms with Crippen molar-refractivity contribution in [2.45, 2.75) is 11.2 Å². The lowest BCUT2D eigenvalue weighted by Crippen LogP contribution is -2.01. The van der Waals surface area contributed by atoms with Crippen LogP contribution in [0.1, 0.15) is 16.0 Å². The predicted octanol–water partition coefficient (Wildman–Crippen LogP) is 4.66. The van der Waals surface area contributed by atoms with Gasteiger partial charge in [-0.15, -0.1) is 0 Å². The molecule has 2 nitrogen and oxygen atoms in total. The van der Waals surface area contributed by atoms with Crippen molar-refractivity contribution in [2.24, 2.45) is 0 Å². The third-order valence-corrected chi connectivity index (χ3v) is 4.01. The molecule has 5 heteroatoms. The van der Waals surface area contributed by atoms with Gasteiger partial charge >= 0.3 is 0 Å². The lowest BCUT2D eigenvalue weighted by molar-refractivity contribution is 0.398. The maximum absolute atomic E-state index is 13.7. The first kappa shape index (κ1) is 15.8. The minimum absolute atomic E-state index is 0.178. The van der Waals surface area contributed by atoms with Gasteiger partial charge < -0.3 is 9.47 Å². The second-order valence-electron chi connectivity index (χ2n) is 4.52. The first-order chi connectivity index (χ1) is 10.0. The van der Waals surface area contributed by atoms with E-state index in [4.69, 9.17) is 9.47 Å². The molecule has 0 aliphatic rings. The fraction of sp³-hybridized carbons (Fsp3) is 0.250. The highest BCUT2D eigenvalue weighted by Crippen LogP contribution is 2.36. The Bertz CT molecular complexity index is 632. The van der Waals surface area contributed by atoms with Gasteiger partial charge in [-0.05, 0) is 36.2 Å². The molecule has 0 saturated carbocycles. The molecule has 2 aromatic carbocycles. The van der Waals surface area contributed by atoms with Gasteiger partial charge in [0.1, 0.15) is 23.1 Å². The van der Waals surface area contributed by atoms with Crippen LogP contribution >= 0.6 is 15.9 Å². The summed E-state index contributed by atoms with van der Waals surface area (Å²) in [6, 6.07) is 9.01. The van der Waals surface area contributed by atoms with Gasteiger partial charge in [0, 0.05) is 16.5 Å². The Kier molecular flexibility index (Phi) is 5.17. The molecule has 2 aromatic rings. The van der Waals surface area contributed by atoms with E-state index in [1.165, 1.54) is 12.1 Å². The van der Waals surface area contributed by atoms with E-state index in [1.54, 1.807) is 26.4 Å². The van der Waals surface area contributed by atoms with Gasteiger partial charge in [0.25, 0.3) is 0 Å². The third kappa shape index (κ3) is 3.73. The Morgan fingerprint density at radius 2 is 1.81 bits per heavy atom. The molecular weight excluding hydrogens is 342 g/mol. The largest absolute Gasteiger partial charge is 0.497 e. The summed E-state index contributed by atoms with van der Waals surface area (Å²) in [4.78, 5) is -0.178. The summed E-state index contributed by atoms with van der Waals surface area (Å²) in [6.07, 6.45) is 0.371. The molecule has 2 rings (SSSR count). The Morgan fingerprint density at radius 3 is 2.43 bits per heavy atom. The van der Waals surface area contributed by atoms with Crippen molar-refractivity contribution >= 4 is 15.9 Å². The molecule has 0 saturated heterocycles. The fourth-order valence-corrected chi connectivity index (χ4v) is 2.78. The number of halogens is 3. The third-order valence-electron chi connectivity index (χ3n) is 3.19. The van der Waals surface area contributed by atoms with Crippen molar-refractivity contribution in [1.82, 2.24) is 0 Å². The summed E-state index contributed by atoms with van der Waals surface area (Å²) in [5.41, 5.74) is 1.28. The van der Waals surface area contributed by atoms with Crippen LogP contribution in [0.3, 0.4) is 0 Å². The highest BCUT2D eigenvalue weighted by molar-refractivity contribution is 9.09. The SMILES string of the molecule is COc1ccc(OC)c(C(Br)Cc2ccc(F)cc2F)c1. The van der Waals surface area contributed by atoms with Crippen LogP contribution in [0.15, 0.2) is 36.4 Å². The molecular formula is C16H15BrF2O2. The van der Waals surface area contributed by atoms with Crippen molar-refractivity contribution < 1.29 is 18.3 Å². The maximum Gasteiger partial charge on any atom is 0.129 e. The van der Waals surface area contributed by atoms with Crippen LogP contribution < -0.4 is 9.47 Å². The van der Waals surface area contributed by atoms with E-state index >= 15 is 0 Å². The molecule has 1 unspecified atom stereocenters. The second-order valence-corrected chi connectivity index (χ2v) is 5.62. The summed E-state index contributed by atoms with van der Waals surface area (Å²) in [5.74, 6) is 0.234. The molecule has 21 heavy (non-hydrogen) atoms. The normalized spacial score (nSPS) is 12.0. The monoisotopic (exact) mass is 356 g/mol. The fourth-order valence-electron chi connectivity index (χ4n) is 2.07. The van der Waals surface area contributed by atoms with Crippen molar-refractivity contribution in [1.29, 1.82) is 0 Å². The van der Waals surface area contributed by atoms with Crippen LogP contribution in [0.4, 0.5) is 8.78 Å². The number of hydrogen-bond acceptors (Lipinski definition) is 2. The molecule has 0 aliphatic heterocycles. The molecule has 0 heterocycles. The quantitative estimate of drug-likeness (QED) is 0.725. The van der Waals surface area contributed by atoms with Gasteiger partial charge in [-0.3, -0.25) is 0 Å². The minimum atomic E-state index is -0.582. The molecule has 0 fully saturated rings.